The van der Waals surface area contributed by atoms with Crippen LogP contribution in [0.4, 0.5) is 5.69 Å². The molecular formula is C23H29N3O5S. The SMILES string of the molecule is COc1ccc(S(=O)(=O)N2CCOCC2)cc1C(=O)NCc1ccc(N2CCCC2)cc1. The second kappa shape index (κ2) is 9.89. The van der Waals surface area contributed by atoms with E-state index < -0.39 is 10.0 Å². The zero-order valence-corrected chi connectivity index (χ0v) is 19.1. The predicted octanol–water partition coefficient (Wildman–Crippen LogP) is 2.25. The maximum absolute atomic E-state index is 13.0. The lowest BCUT2D eigenvalue weighted by Gasteiger charge is -2.26. The normalized spacial score (nSPS) is 17.3. The van der Waals surface area contributed by atoms with Crippen LogP contribution in [-0.4, -0.2) is 65.1 Å². The van der Waals surface area contributed by atoms with Crippen LogP contribution >= 0.6 is 0 Å². The lowest BCUT2D eigenvalue weighted by Crippen LogP contribution is -2.40. The molecule has 172 valence electrons. The third kappa shape index (κ3) is 4.90. The maximum Gasteiger partial charge on any atom is 0.255 e. The van der Waals surface area contributed by atoms with Gasteiger partial charge in [-0.2, -0.15) is 4.31 Å². The molecule has 0 aliphatic carbocycles. The zero-order chi connectivity index (χ0) is 22.6. The molecule has 2 heterocycles. The Balaban J connectivity index is 1.47. The average molecular weight is 460 g/mol. The molecular weight excluding hydrogens is 430 g/mol. The van der Waals surface area contributed by atoms with E-state index in [1.54, 1.807) is 0 Å². The minimum absolute atomic E-state index is 0.0697. The number of anilines is 1. The number of carbonyl (C=O) groups excluding carboxylic acids is 1. The highest BCUT2D eigenvalue weighted by Gasteiger charge is 2.28. The van der Waals surface area contributed by atoms with E-state index in [1.807, 2.05) is 12.1 Å². The summed E-state index contributed by atoms with van der Waals surface area (Å²) in [6.07, 6.45) is 2.44. The van der Waals surface area contributed by atoms with Crippen LogP contribution in [0.2, 0.25) is 0 Å². The van der Waals surface area contributed by atoms with Gasteiger partial charge in [-0.15, -0.1) is 0 Å². The Morgan fingerprint density at radius 3 is 2.38 bits per heavy atom. The first-order valence-electron chi connectivity index (χ1n) is 10.9. The van der Waals surface area contributed by atoms with Gasteiger partial charge in [0.1, 0.15) is 5.75 Å². The Kier molecular flexibility index (Phi) is 6.98. The molecule has 0 atom stereocenters. The third-order valence-corrected chi connectivity index (χ3v) is 7.78. The van der Waals surface area contributed by atoms with Gasteiger partial charge in [0.05, 0.1) is 30.8 Å². The first-order valence-corrected chi connectivity index (χ1v) is 12.3. The number of carbonyl (C=O) groups is 1. The fourth-order valence-corrected chi connectivity index (χ4v) is 5.47. The molecule has 32 heavy (non-hydrogen) atoms. The second-order valence-corrected chi connectivity index (χ2v) is 9.86. The van der Waals surface area contributed by atoms with E-state index in [1.165, 1.54) is 48.1 Å². The molecule has 0 unspecified atom stereocenters. The highest BCUT2D eigenvalue weighted by atomic mass is 32.2. The van der Waals surface area contributed by atoms with Crippen LogP contribution in [0.3, 0.4) is 0 Å². The number of methoxy groups -OCH3 is 1. The van der Waals surface area contributed by atoms with Gasteiger partial charge in [-0.1, -0.05) is 12.1 Å². The summed E-state index contributed by atoms with van der Waals surface area (Å²) in [4.78, 5) is 15.3. The van der Waals surface area contributed by atoms with Crippen molar-refractivity contribution in [3.63, 3.8) is 0 Å². The Morgan fingerprint density at radius 1 is 1.03 bits per heavy atom. The molecule has 0 aromatic heterocycles. The van der Waals surface area contributed by atoms with E-state index >= 15 is 0 Å². The Bertz CT molecular complexity index is 1040. The van der Waals surface area contributed by atoms with Gasteiger partial charge in [-0.25, -0.2) is 8.42 Å². The second-order valence-electron chi connectivity index (χ2n) is 7.92. The van der Waals surface area contributed by atoms with Crippen molar-refractivity contribution in [2.75, 3.05) is 51.4 Å². The maximum atomic E-state index is 13.0. The first-order chi connectivity index (χ1) is 15.5. The summed E-state index contributed by atoms with van der Waals surface area (Å²) in [7, 11) is -2.25. The number of benzene rings is 2. The number of nitrogens with zero attached hydrogens (tertiary/aromatic N) is 2. The summed E-state index contributed by atoms with van der Waals surface area (Å²) in [5, 5.41) is 2.88. The number of nitrogens with one attached hydrogen (secondary N) is 1. The molecule has 0 saturated carbocycles. The zero-order valence-electron chi connectivity index (χ0n) is 18.2. The highest BCUT2D eigenvalue weighted by Crippen LogP contribution is 2.25. The highest BCUT2D eigenvalue weighted by molar-refractivity contribution is 7.89. The molecule has 2 fully saturated rings. The van der Waals surface area contributed by atoms with Crippen molar-refractivity contribution in [2.45, 2.75) is 24.3 Å². The van der Waals surface area contributed by atoms with Gasteiger partial charge in [0.2, 0.25) is 10.0 Å². The van der Waals surface area contributed by atoms with Crippen LogP contribution < -0.4 is 15.0 Å². The number of rotatable bonds is 7. The molecule has 2 aliphatic rings. The molecule has 2 aromatic rings. The van der Waals surface area contributed by atoms with Crippen molar-refractivity contribution in [3.8, 4) is 5.75 Å². The summed E-state index contributed by atoms with van der Waals surface area (Å²) in [6.45, 7) is 3.81. The summed E-state index contributed by atoms with van der Waals surface area (Å²) in [5.74, 6) is -0.0581. The molecule has 9 heteroatoms. The van der Waals surface area contributed by atoms with E-state index in [4.69, 9.17) is 9.47 Å². The fourth-order valence-electron chi connectivity index (χ4n) is 4.04. The summed E-state index contributed by atoms with van der Waals surface area (Å²) in [5.41, 5.74) is 2.35. The number of hydrogen-bond donors (Lipinski definition) is 1. The molecule has 0 radical (unpaired) electrons. The number of ether oxygens (including phenoxy) is 2. The summed E-state index contributed by atoms with van der Waals surface area (Å²) in [6, 6.07) is 12.5. The van der Waals surface area contributed by atoms with Crippen LogP contribution in [0.15, 0.2) is 47.4 Å². The van der Waals surface area contributed by atoms with Crippen molar-refractivity contribution in [1.29, 1.82) is 0 Å². The fraction of sp³-hybridized carbons (Fsp3) is 0.435. The van der Waals surface area contributed by atoms with E-state index in [0.29, 0.717) is 38.6 Å². The Morgan fingerprint density at radius 2 is 1.72 bits per heavy atom. The number of morpholine rings is 1. The van der Waals surface area contributed by atoms with Gasteiger partial charge < -0.3 is 19.7 Å². The van der Waals surface area contributed by atoms with Crippen molar-refractivity contribution in [1.82, 2.24) is 9.62 Å². The van der Waals surface area contributed by atoms with Crippen molar-refractivity contribution in [2.24, 2.45) is 0 Å². The van der Waals surface area contributed by atoms with Gasteiger partial charge in [-0.3, -0.25) is 4.79 Å². The first kappa shape index (κ1) is 22.6. The monoisotopic (exact) mass is 459 g/mol. The van der Waals surface area contributed by atoms with E-state index in [2.05, 4.69) is 22.3 Å². The van der Waals surface area contributed by atoms with Gasteiger partial charge in [0.25, 0.3) is 5.91 Å². The van der Waals surface area contributed by atoms with Crippen LogP contribution in [-0.2, 0) is 21.3 Å². The van der Waals surface area contributed by atoms with E-state index in [0.717, 1.165) is 18.7 Å². The molecule has 0 spiro atoms. The van der Waals surface area contributed by atoms with Crippen LogP contribution in [0.1, 0.15) is 28.8 Å². The van der Waals surface area contributed by atoms with Gasteiger partial charge >= 0.3 is 0 Å². The Labute approximate surface area is 189 Å². The number of sulfonamides is 1. The van der Waals surface area contributed by atoms with Crippen molar-refractivity contribution < 1.29 is 22.7 Å². The van der Waals surface area contributed by atoms with Crippen LogP contribution in [0, 0.1) is 0 Å². The molecule has 2 aliphatic heterocycles. The summed E-state index contributed by atoms with van der Waals surface area (Å²) < 4.78 is 37.9. The minimum atomic E-state index is -3.71. The third-order valence-electron chi connectivity index (χ3n) is 5.88. The lowest BCUT2D eigenvalue weighted by molar-refractivity contribution is 0.0730. The van der Waals surface area contributed by atoms with Gasteiger partial charge in [0.15, 0.2) is 0 Å². The number of hydrogen-bond acceptors (Lipinski definition) is 6. The standard InChI is InChI=1S/C23H29N3O5S/c1-30-22-9-8-20(32(28,29)26-12-14-31-15-13-26)16-21(22)23(27)24-17-18-4-6-19(7-5-18)25-10-2-3-11-25/h4-9,16H,2-3,10-15,17H2,1H3,(H,24,27). The smallest absolute Gasteiger partial charge is 0.255 e. The molecule has 0 bridgehead atoms. The average Bonchev–Trinajstić information content (AvgIpc) is 3.38. The minimum Gasteiger partial charge on any atom is -0.496 e. The van der Waals surface area contributed by atoms with Crippen LogP contribution in [0.5, 0.6) is 5.75 Å². The molecule has 1 N–H and O–H groups in total. The topological polar surface area (TPSA) is 88.2 Å². The van der Waals surface area contributed by atoms with E-state index in [-0.39, 0.29) is 16.4 Å². The van der Waals surface area contributed by atoms with Gasteiger partial charge in [-0.05, 0) is 48.7 Å². The molecule has 2 saturated heterocycles. The van der Waals surface area contributed by atoms with Crippen LogP contribution in [0.25, 0.3) is 0 Å². The Hall–Kier alpha value is -2.62. The summed E-state index contributed by atoms with van der Waals surface area (Å²) >= 11 is 0. The largest absolute Gasteiger partial charge is 0.496 e. The quantitative estimate of drug-likeness (QED) is 0.683. The lowest BCUT2D eigenvalue weighted by atomic mass is 10.1. The predicted molar refractivity (Wildman–Crippen MR) is 122 cm³/mol. The van der Waals surface area contributed by atoms with Crippen molar-refractivity contribution in [3.05, 3.63) is 53.6 Å². The number of amides is 1. The molecule has 2 aromatic carbocycles. The van der Waals surface area contributed by atoms with Gasteiger partial charge in [0, 0.05) is 38.4 Å². The molecule has 8 nitrogen and oxygen atoms in total. The molecule has 4 rings (SSSR count). The van der Waals surface area contributed by atoms with Crippen molar-refractivity contribution >= 4 is 21.6 Å². The molecule has 1 amide bonds. The van der Waals surface area contributed by atoms with E-state index in [9.17, 15) is 13.2 Å².